The second-order valence-electron chi connectivity index (χ2n) is 2.93. The molecule has 3 nitrogen and oxygen atoms in total. The Kier molecular flexibility index (Phi) is 3.53. The lowest BCUT2D eigenvalue weighted by Gasteiger charge is -2.00. The van der Waals surface area contributed by atoms with Crippen LogP contribution in [0.3, 0.4) is 0 Å². The van der Waals surface area contributed by atoms with E-state index in [1.807, 2.05) is 25.6 Å². The first-order valence-corrected chi connectivity index (χ1v) is 4.34. The Balaban J connectivity index is 2.43. The van der Waals surface area contributed by atoms with Gasteiger partial charge >= 0.3 is 0 Å². The molecule has 0 aliphatic carbocycles. The lowest BCUT2D eigenvalue weighted by Crippen LogP contribution is -2.15. The van der Waals surface area contributed by atoms with Gasteiger partial charge in [0, 0.05) is 13.6 Å². The minimum atomic E-state index is 0.737. The van der Waals surface area contributed by atoms with Crippen molar-refractivity contribution in [1.29, 1.82) is 0 Å². The van der Waals surface area contributed by atoms with Gasteiger partial charge in [-0.25, -0.2) is 0 Å². The predicted octanol–water partition coefficient (Wildman–Crippen LogP) is 0.841. The van der Waals surface area contributed by atoms with Crippen LogP contribution in [-0.2, 0) is 13.6 Å². The van der Waals surface area contributed by atoms with Crippen molar-refractivity contribution in [3.63, 3.8) is 0 Å². The number of nitrogens with one attached hydrogen (secondary N) is 1. The first kappa shape index (κ1) is 9.82. The van der Waals surface area contributed by atoms with Crippen LogP contribution in [-0.4, -0.2) is 16.3 Å². The van der Waals surface area contributed by atoms with Gasteiger partial charge in [-0.3, -0.25) is 4.68 Å². The molecular weight excluding hydrogens is 162 g/mol. The van der Waals surface area contributed by atoms with Gasteiger partial charge in [0.2, 0.25) is 0 Å². The zero-order valence-electron chi connectivity index (χ0n) is 8.39. The molecule has 1 aromatic heterocycles. The van der Waals surface area contributed by atoms with Gasteiger partial charge in [-0.15, -0.1) is 5.92 Å². The summed E-state index contributed by atoms with van der Waals surface area (Å²) in [6.45, 7) is 5.40. The number of rotatable bonds is 3. The van der Waals surface area contributed by atoms with Gasteiger partial charge < -0.3 is 5.32 Å². The van der Waals surface area contributed by atoms with Crippen molar-refractivity contribution in [2.24, 2.45) is 7.05 Å². The summed E-state index contributed by atoms with van der Waals surface area (Å²) in [7, 11) is 1.95. The van der Waals surface area contributed by atoms with Crippen molar-refractivity contribution in [2.45, 2.75) is 20.4 Å². The van der Waals surface area contributed by atoms with E-state index in [2.05, 4.69) is 28.3 Å². The van der Waals surface area contributed by atoms with Crippen LogP contribution in [0, 0.1) is 18.8 Å². The Morgan fingerprint density at radius 1 is 1.62 bits per heavy atom. The van der Waals surface area contributed by atoms with E-state index in [0.717, 1.165) is 18.8 Å². The van der Waals surface area contributed by atoms with Gasteiger partial charge in [0.05, 0.1) is 17.9 Å². The molecule has 0 aromatic carbocycles. The molecule has 0 amide bonds. The third-order valence-corrected chi connectivity index (χ3v) is 1.80. The predicted molar refractivity (Wildman–Crippen MR) is 53.1 cm³/mol. The number of aryl methyl sites for hydroxylation is 2. The van der Waals surface area contributed by atoms with Crippen LogP contribution in [0.25, 0.3) is 0 Å². The van der Waals surface area contributed by atoms with E-state index in [4.69, 9.17) is 0 Å². The summed E-state index contributed by atoms with van der Waals surface area (Å²) >= 11 is 0. The SMILES string of the molecule is CC#CCNCc1cc(C)nn1C. The van der Waals surface area contributed by atoms with Crippen molar-refractivity contribution >= 4 is 0 Å². The fraction of sp³-hybridized carbons (Fsp3) is 0.500. The van der Waals surface area contributed by atoms with E-state index < -0.39 is 0 Å². The van der Waals surface area contributed by atoms with Gasteiger partial charge in [0.1, 0.15) is 0 Å². The minimum absolute atomic E-state index is 0.737. The molecule has 0 saturated carbocycles. The quantitative estimate of drug-likeness (QED) is 0.547. The Labute approximate surface area is 79.1 Å². The zero-order valence-corrected chi connectivity index (χ0v) is 8.39. The highest BCUT2D eigenvalue weighted by Gasteiger charge is 1.99. The highest BCUT2D eigenvalue weighted by atomic mass is 15.3. The van der Waals surface area contributed by atoms with Crippen molar-refractivity contribution < 1.29 is 0 Å². The van der Waals surface area contributed by atoms with E-state index in [1.54, 1.807) is 0 Å². The van der Waals surface area contributed by atoms with E-state index in [1.165, 1.54) is 5.69 Å². The summed E-state index contributed by atoms with van der Waals surface area (Å²) in [5, 5.41) is 7.47. The highest BCUT2D eigenvalue weighted by molar-refractivity contribution is 5.08. The fourth-order valence-electron chi connectivity index (χ4n) is 1.17. The molecule has 3 heteroatoms. The van der Waals surface area contributed by atoms with Gasteiger partial charge in [-0.05, 0) is 19.9 Å². The highest BCUT2D eigenvalue weighted by Crippen LogP contribution is 2.00. The molecule has 0 aliphatic rings. The summed E-state index contributed by atoms with van der Waals surface area (Å²) in [6.07, 6.45) is 0. The second-order valence-corrected chi connectivity index (χ2v) is 2.93. The minimum Gasteiger partial charge on any atom is -0.301 e. The third kappa shape index (κ3) is 2.92. The van der Waals surface area contributed by atoms with Crippen LogP contribution >= 0.6 is 0 Å². The summed E-state index contributed by atoms with van der Waals surface area (Å²) in [6, 6.07) is 2.08. The standard InChI is InChI=1S/C10H15N3/c1-4-5-6-11-8-10-7-9(2)12-13(10)3/h7,11H,6,8H2,1-3H3. The molecule has 0 spiro atoms. The summed E-state index contributed by atoms with van der Waals surface area (Å²) in [5.74, 6) is 5.79. The first-order valence-electron chi connectivity index (χ1n) is 4.34. The normalized spacial score (nSPS) is 9.46. The van der Waals surface area contributed by atoms with Gasteiger partial charge in [-0.1, -0.05) is 5.92 Å². The number of nitrogens with zero attached hydrogens (tertiary/aromatic N) is 2. The topological polar surface area (TPSA) is 29.9 Å². The van der Waals surface area contributed by atoms with E-state index in [9.17, 15) is 0 Å². The number of hydrogen-bond acceptors (Lipinski definition) is 2. The van der Waals surface area contributed by atoms with E-state index >= 15 is 0 Å². The molecule has 0 radical (unpaired) electrons. The lowest BCUT2D eigenvalue weighted by atomic mass is 10.3. The van der Waals surface area contributed by atoms with Crippen molar-refractivity contribution in [3.05, 3.63) is 17.5 Å². The molecule has 0 atom stereocenters. The monoisotopic (exact) mass is 177 g/mol. The van der Waals surface area contributed by atoms with Crippen molar-refractivity contribution in [1.82, 2.24) is 15.1 Å². The Morgan fingerprint density at radius 3 is 2.92 bits per heavy atom. The molecule has 0 aliphatic heterocycles. The van der Waals surface area contributed by atoms with Crippen LogP contribution in [0.5, 0.6) is 0 Å². The summed E-state index contributed by atoms with van der Waals surface area (Å²) < 4.78 is 1.89. The number of aromatic nitrogens is 2. The molecular formula is C10H15N3. The maximum absolute atomic E-state index is 4.25. The molecule has 13 heavy (non-hydrogen) atoms. The average Bonchev–Trinajstić information content (AvgIpc) is 2.39. The van der Waals surface area contributed by atoms with Gasteiger partial charge in [0.15, 0.2) is 0 Å². The third-order valence-electron chi connectivity index (χ3n) is 1.80. The molecule has 1 N–H and O–H groups in total. The Hall–Kier alpha value is -1.27. The Morgan fingerprint density at radius 2 is 2.38 bits per heavy atom. The van der Waals surface area contributed by atoms with Crippen LogP contribution in [0.4, 0.5) is 0 Å². The zero-order chi connectivity index (χ0) is 9.68. The largest absolute Gasteiger partial charge is 0.301 e. The lowest BCUT2D eigenvalue weighted by molar-refractivity contribution is 0.655. The summed E-state index contributed by atoms with van der Waals surface area (Å²) in [4.78, 5) is 0. The molecule has 70 valence electrons. The maximum Gasteiger partial charge on any atom is 0.0597 e. The molecule has 1 heterocycles. The number of hydrogen-bond donors (Lipinski definition) is 1. The van der Waals surface area contributed by atoms with Crippen LogP contribution < -0.4 is 5.32 Å². The second kappa shape index (κ2) is 4.68. The molecule has 0 saturated heterocycles. The maximum atomic E-state index is 4.25. The Bertz CT molecular complexity index is 328. The molecule has 0 bridgehead atoms. The average molecular weight is 177 g/mol. The summed E-state index contributed by atoms with van der Waals surface area (Å²) in [5.41, 5.74) is 2.25. The van der Waals surface area contributed by atoms with Crippen molar-refractivity contribution in [2.75, 3.05) is 6.54 Å². The molecule has 1 aromatic rings. The molecule has 0 unspecified atom stereocenters. The van der Waals surface area contributed by atoms with Crippen LogP contribution in [0.15, 0.2) is 6.07 Å². The van der Waals surface area contributed by atoms with Crippen LogP contribution in [0.2, 0.25) is 0 Å². The van der Waals surface area contributed by atoms with Gasteiger partial charge in [0.25, 0.3) is 0 Å². The van der Waals surface area contributed by atoms with Gasteiger partial charge in [-0.2, -0.15) is 5.10 Å². The van der Waals surface area contributed by atoms with Crippen LogP contribution in [0.1, 0.15) is 18.3 Å². The smallest absolute Gasteiger partial charge is 0.0597 e. The van der Waals surface area contributed by atoms with E-state index in [0.29, 0.717) is 0 Å². The van der Waals surface area contributed by atoms with Crippen molar-refractivity contribution in [3.8, 4) is 11.8 Å². The fourth-order valence-corrected chi connectivity index (χ4v) is 1.17. The molecule has 1 rings (SSSR count). The van der Waals surface area contributed by atoms with E-state index in [-0.39, 0.29) is 0 Å². The molecule has 0 fully saturated rings. The first-order chi connectivity index (χ1) is 6.24.